The molecular weight excluding hydrogens is 481 g/mol. The lowest BCUT2D eigenvalue weighted by Crippen LogP contribution is -2.32. The van der Waals surface area contributed by atoms with Gasteiger partial charge in [0.1, 0.15) is 10.9 Å². The van der Waals surface area contributed by atoms with Gasteiger partial charge in [-0.3, -0.25) is 19.0 Å². The highest BCUT2D eigenvalue weighted by Crippen LogP contribution is 2.35. The van der Waals surface area contributed by atoms with Crippen molar-refractivity contribution in [1.29, 1.82) is 0 Å². The van der Waals surface area contributed by atoms with E-state index in [1.54, 1.807) is 31.2 Å². The molecule has 0 aliphatic heterocycles. The Hall–Kier alpha value is -3.99. The lowest BCUT2D eigenvalue weighted by molar-refractivity contribution is -0.137. The van der Waals surface area contributed by atoms with Gasteiger partial charge in [-0.2, -0.15) is 13.2 Å². The number of aromatic nitrogens is 2. The maximum atomic E-state index is 13.3. The quantitative estimate of drug-likeness (QED) is 0.392. The molecule has 7 nitrogen and oxygen atoms in total. The van der Waals surface area contributed by atoms with Crippen molar-refractivity contribution in [2.75, 3.05) is 10.6 Å². The highest BCUT2D eigenvalue weighted by atomic mass is 32.1. The topological polar surface area (TPSA) is 93.1 Å². The van der Waals surface area contributed by atoms with E-state index < -0.39 is 40.8 Å². The van der Waals surface area contributed by atoms with Crippen LogP contribution in [0.15, 0.2) is 65.7 Å². The molecule has 2 aromatic carbocycles. The van der Waals surface area contributed by atoms with Gasteiger partial charge in [-0.1, -0.05) is 30.3 Å². The number of nitrogens with one attached hydrogen (secondary N) is 2. The van der Waals surface area contributed by atoms with E-state index in [0.29, 0.717) is 21.0 Å². The molecule has 2 aromatic heterocycles. The summed E-state index contributed by atoms with van der Waals surface area (Å²) in [5.41, 5.74) is -0.992. The summed E-state index contributed by atoms with van der Waals surface area (Å²) in [6.07, 6.45) is -3.51. The lowest BCUT2D eigenvalue weighted by atomic mass is 10.1. The zero-order chi connectivity index (χ0) is 25.3. The molecule has 0 fully saturated rings. The summed E-state index contributed by atoms with van der Waals surface area (Å²) in [6, 6.07) is 12.2. The molecule has 4 rings (SSSR count). The van der Waals surface area contributed by atoms with Crippen LogP contribution in [0.5, 0.6) is 0 Å². The molecule has 11 heteroatoms. The number of anilines is 2. The van der Waals surface area contributed by atoms with Crippen LogP contribution in [0.3, 0.4) is 0 Å². The third-order valence-corrected chi connectivity index (χ3v) is 6.60. The fourth-order valence-corrected chi connectivity index (χ4v) is 4.58. The van der Waals surface area contributed by atoms with Crippen LogP contribution in [0.1, 0.15) is 33.8 Å². The van der Waals surface area contributed by atoms with Crippen LogP contribution in [0.4, 0.5) is 24.5 Å². The largest absolute Gasteiger partial charge is 0.418 e. The van der Waals surface area contributed by atoms with E-state index >= 15 is 0 Å². The lowest BCUT2D eigenvalue weighted by Gasteiger charge is -2.17. The molecule has 35 heavy (non-hydrogen) atoms. The number of fused-ring (bicyclic) bond motifs is 1. The second-order valence-corrected chi connectivity index (χ2v) is 8.72. The number of alkyl halides is 3. The van der Waals surface area contributed by atoms with Gasteiger partial charge >= 0.3 is 6.18 Å². The van der Waals surface area contributed by atoms with Crippen molar-refractivity contribution < 1.29 is 22.8 Å². The first-order chi connectivity index (χ1) is 16.6. The van der Waals surface area contributed by atoms with Crippen molar-refractivity contribution >= 4 is 44.7 Å². The predicted molar refractivity (Wildman–Crippen MR) is 128 cm³/mol. The van der Waals surface area contributed by atoms with E-state index in [-0.39, 0.29) is 5.39 Å². The highest BCUT2D eigenvalue weighted by Gasteiger charge is 2.34. The molecule has 0 bridgehead atoms. The van der Waals surface area contributed by atoms with E-state index in [2.05, 4.69) is 15.6 Å². The molecular formula is C24H19F3N4O3S. The molecule has 0 radical (unpaired) electrons. The fourth-order valence-electron chi connectivity index (χ4n) is 3.54. The smallest absolute Gasteiger partial charge is 0.324 e. The Morgan fingerprint density at radius 1 is 1.03 bits per heavy atom. The number of carbonyl (C=O) groups is 2. The van der Waals surface area contributed by atoms with Gasteiger partial charge in [0.15, 0.2) is 0 Å². The minimum absolute atomic E-state index is 0.172. The van der Waals surface area contributed by atoms with E-state index in [0.717, 1.165) is 34.4 Å². The number of thiophene rings is 1. The van der Waals surface area contributed by atoms with Crippen molar-refractivity contribution in [3.8, 4) is 0 Å². The van der Waals surface area contributed by atoms with Crippen LogP contribution in [-0.2, 0) is 11.0 Å². The molecule has 2 N–H and O–H groups in total. The van der Waals surface area contributed by atoms with Crippen molar-refractivity contribution in [3.05, 3.63) is 87.3 Å². The molecule has 0 saturated heterocycles. The standard InChI is InChI=1S/C24H19F3N4O3S/c1-13-18-22(35-19(13)21(33)29-15-8-4-3-5-9-15)28-12-31(23(18)34)14(2)20(32)30-17-11-7-6-10-16(17)24(25,26)27/h3-12,14H,1-2H3,(H,29,33)(H,30,32). The number of hydrogen-bond donors (Lipinski definition) is 2. The average Bonchev–Trinajstić information content (AvgIpc) is 3.16. The minimum Gasteiger partial charge on any atom is -0.324 e. The van der Waals surface area contributed by atoms with Gasteiger partial charge in [-0.05, 0) is 43.7 Å². The van der Waals surface area contributed by atoms with E-state index in [1.807, 2.05) is 6.07 Å². The first-order valence-electron chi connectivity index (χ1n) is 10.4. The summed E-state index contributed by atoms with van der Waals surface area (Å²) in [7, 11) is 0. The van der Waals surface area contributed by atoms with Crippen LogP contribution >= 0.6 is 11.3 Å². The van der Waals surface area contributed by atoms with Crippen LogP contribution in [-0.4, -0.2) is 21.4 Å². The van der Waals surface area contributed by atoms with E-state index in [1.165, 1.54) is 19.1 Å². The maximum Gasteiger partial charge on any atom is 0.418 e. The van der Waals surface area contributed by atoms with Crippen molar-refractivity contribution in [2.24, 2.45) is 0 Å². The second-order valence-electron chi connectivity index (χ2n) is 7.72. The number of aryl methyl sites for hydroxylation is 1. The summed E-state index contributed by atoms with van der Waals surface area (Å²) in [4.78, 5) is 43.6. The van der Waals surface area contributed by atoms with Crippen LogP contribution in [0.2, 0.25) is 0 Å². The third kappa shape index (κ3) is 4.80. The van der Waals surface area contributed by atoms with Gasteiger partial charge in [0, 0.05) is 5.69 Å². The molecule has 2 heterocycles. The molecule has 4 aromatic rings. The second kappa shape index (κ2) is 9.34. The minimum atomic E-state index is -4.66. The Balaban J connectivity index is 1.64. The summed E-state index contributed by atoms with van der Waals surface area (Å²) < 4.78 is 40.8. The summed E-state index contributed by atoms with van der Waals surface area (Å²) in [5, 5.41) is 5.18. The summed E-state index contributed by atoms with van der Waals surface area (Å²) in [5.74, 6) is -1.22. The Labute approximate surface area is 201 Å². The normalized spacial score (nSPS) is 12.4. The Kier molecular flexibility index (Phi) is 6.44. The van der Waals surface area contributed by atoms with Crippen molar-refractivity contribution in [3.63, 3.8) is 0 Å². The number of hydrogen-bond acceptors (Lipinski definition) is 5. The Morgan fingerprint density at radius 2 is 1.69 bits per heavy atom. The number of para-hydroxylation sites is 2. The van der Waals surface area contributed by atoms with Crippen LogP contribution < -0.4 is 16.2 Å². The Bertz CT molecular complexity index is 1480. The zero-order valence-electron chi connectivity index (χ0n) is 18.5. The molecule has 2 amide bonds. The molecule has 0 spiro atoms. The number of benzene rings is 2. The SMILES string of the molecule is Cc1c(C(=O)Nc2ccccc2)sc2ncn(C(C)C(=O)Nc3ccccc3C(F)(F)F)c(=O)c12. The number of nitrogens with zero attached hydrogens (tertiary/aromatic N) is 2. The predicted octanol–water partition coefficient (Wildman–Crippen LogP) is 5.24. The number of rotatable bonds is 5. The molecule has 0 saturated carbocycles. The van der Waals surface area contributed by atoms with Gasteiger partial charge in [0.05, 0.1) is 27.8 Å². The maximum absolute atomic E-state index is 13.3. The third-order valence-electron chi connectivity index (χ3n) is 5.40. The van der Waals surface area contributed by atoms with Gasteiger partial charge in [-0.15, -0.1) is 11.3 Å². The van der Waals surface area contributed by atoms with Crippen LogP contribution in [0, 0.1) is 6.92 Å². The van der Waals surface area contributed by atoms with Gasteiger partial charge in [0.25, 0.3) is 11.5 Å². The van der Waals surface area contributed by atoms with Gasteiger partial charge < -0.3 is 10.6 Å². The highest BCUT2D eigenvalue weighted by molar-refractivity contribution is 7.20. The average molecular weight is 501 g/mol. The summed E-state index contributed by atoms with van der Waals surface area (Å²) in [6.45, 7) is 2.99. The first-order valence-corrected chi connectivity index (χ1v) is 11.2. The van der Waals surface area contributed by atoms with Crippen molar-refractivity contribution in [2.45, 2.75) is 26.1 Å². The van der Waals surface area contributed by atoms with Gasteiger partial charge in [0.2, 0.25) is 5.91 Å². The molecule has 1 atom stereocenters. The molecule has 0 aliphatic carbocycles. The summed E-state index contributed by atoms with van der Waals surface area (Å²) >= 11 is 1.04. The van der Waals surface area contributed by atoms with Crippen molar-refractivity contribution in [1.82, 2.24) is 9.55 Å². The molecule has 0 aliphatic rings. The number of amides is 2. The zero-order valence-corrected chi connectivity index (χ0v) is 19.3. The number of halogens is 3. The molecule has 180 valence electrons. The Morgan fingerprint density at radius 3 is 2.37 bits per heavy atom. The fraction of sp³-hybridized carbons (Fsp3) is 0.167. The monoisotopic (exact) mass is 500 g/mol. The number of carbonyl (C=O) groups excluding carboxylic acids is 2. The first kappa shape index (κ1) is 24.1. The van der Waals surface area contributed by atoms with Crippen LogP contribution in [0.25, 0.3) is 10.2 Å². The van der Waals surface area contributed by atoms with E-state index in [9.17, 15) is 27.6 Å². The van der Waals surface area contributed by atoms with Gasteiger partial charge in [-0.25, -0.2) is 4.98 Å². The van der Waals surface area contributed by atoms with E-state index in [4.69, 9.17) is 0 Å². The molecule has 1 unspecified atom stereocenters.